The van der Waals surface area contributed by atoms with Crippen molar-refractivity contribution in [2.45, 2.75) is 13.0 Å². The van der Waals surface area contributed by atoms with Gasteiger partial charge in [0.2, 0.25) is 0 Å². The summed E-state index contributed by atoms with van der Waals surface area (Å²) in [6.45, 7) is 1.80. The van der Waals surface area contributed by atoms with Gasteiger partial charge in [-0.05, 0) is 18.5 Å². The molecule has 0 aliphatic rings. The average Bonchev–Trinajstić information content (AvgIpc) is 3.16. The highest BCUT2D eigenvalue weighted by atomic mass is 32.1. The van der Waals surface area contributed by atoms with Gasteiger partial charge >= 0.3 is 11.9 Å². The van der Waals surface area contributed by atoms with Crippen molar-refractivity contribution in [2.75, 3.05) is 6.54 Å². The summed E-state index contributed by atoms with van der Waals surface area (Å²) in [5, 5.41) is 21.5. The van der Waals surface area contributed by atoms with Crippen LogP contribution in [0.3, 0.4) is 0 Å². The SMILES string of the molecule is O=C(O)C(=O)O.c1ccc(CCNCc2csc(-c3ccccc3)n2)cc1. The van der Waals surface area contributed by atoms with Crippen LogP contribution in [-0.2, 0) is 22.6 Å². The molecule has 6 nitrogen and oxygen atoms in total. The zero-order chi connectivity index (χ0) is 19.5. The lowest BCUT2D eigenvalue weighted by Gasteiger charge is -2.03. The molecule has 3 N–H and O–H groups in total. The lowest BCUT2D eigenvalue weighted by Crippen LogP contribution is -2.16. The fourth-order valence-corrected chi connectivity index (χ4v) is 3.02. The van der Waals surface area contributed by atoms with E-state index in [1.165, 1.54) is 11.1 Å². The Balaban J connectivity index is 0.000000380. The van der Waals surface area contributed by atoms with Crippen molar-refractivity contribution in [1.29, 1.82) is 0 Å². The monoisotopic (exact) mass is 384 g/mol. The molecule has 0 aliphatic heterocycles. The molecule has 0 aliphatic carbocycles. The molecule has 1 aromatic heterocycles. The van der Waals surface area contributed by atoms with E-state index in [-0.39, 0.29) is 0 Å². The smallest absolute Gasteiger partial charge is 0.414 e. The minimum absolute atomic E-state index is 0.830. The van der Waals surface area contributed by atoms with Crippen LogP contribution >= 0.6 is 11.3 Å². The van der Waals surface area contributed by atoms with Crippen molar-refractivity contribution in [2.24, 2.45) is 0 Å². The fraction of sp³-hybridized carbons (Fsp3) is 0.150. The van der Waals surface area contributed by atoms with Gasteiger partial charge in [0.1, 0.15) is 5.01 Å². The van der Waals surface area contributed by atoms with Crippen LogP contribution < -0.4 is 5.32 Å². The van der Waals surface area contributed by atoms with Crippen molar-refractivity contribution in [3.63, 3.8) is 0 Å². The number of carboxylic acids is 2. The van der Waals surface area contributed by atoms with Crippen LogP contribution in [0.5, 0.6) is 0 Å². The van der Waals surface area contributed by atoms with E-state index in [1.807, 2.05) is 6.07 Å². The maximum Gasteiger partial charge on any atom is 0.414 e. The normalized spacial score (nSPS) is 9.93. The van der Waals surface area contributed by atoms with Gasteiger partial charge in [-0.25, -0.2) is 14.6 Å². The summed E-state index contributed by atoms with van der Waals surface area (Å²) in [7, 11) is 0. The first-order valence-corrected chi connectivity index (χ1v) is 9.15. The quantitative estimate of drug-likeness (QED) is 0.445. The van der Waals surface area contributed by atoms with Crippen LogP contribution in [0.2, 0.25) is 0 Å². The Labute approximate surface area is 161 Å². The van der Waals surface area contributed by atoms with Crippen LogP contribution in [0.1, 0.15) is 11.3 Å². The van der Waals surface area contributed by atoms with Gasteiger partial charge < -0.3 is 15.5 Å². The molecule has 0 radical (unpaired) electrons. The molecule has 3 aromatic rings. The lowest BCUT2D eigenvalue weighted by atomic mass is 10.1. The third kappa shape index (κ3) is 7.39. The number of hydrogen-bond acceptors (Lipinski definition) is 5. The number of hydrogen-bond donors (Lipinski definition) is 3. The second-order valence-corrected chi connectivity index (χ2v) is 6.39. The molecule has 0 saturated heterocycles. The van der Waals surface area contributed by atoms with Crippen LogP contribution in [0.25, 0.3) is 10.6 Å². The first-order valence-electron chi connectivity index (χ1n) is 8.27. The number of carboxylic acid groups (broad SMARTS) is 2. The molecule has 140 valence electrons. The van der Waals surface area contributed by atoms with Gasteiger partial charge in [-0.15, -0.1) is 11.3 Å². The molecule has 0 atom stereocenters. The number of carbonyl (C=O) groups is 2. The van der Waals surface area contributed by atoms with Crippen LogP contribution in [0.4, 0.5) is 0 Å². The molecule has 0 bridgehead atoms. The minimum Gasteiger partial charge on any atom is -0.473 e. The van der Waals surface area contributed by atoms with Crippen LogP contribution in [-0.4, -0.2) is 33.7 Å². The highest BCUT2D eigenvalue weighted by molar-refractivity contribution is 7.13. The van der Waals surface area contributed by atoms with E-state index >= 15 is 0 Å². The van der Waals surface area contributed by atoms with E-state index in [0.717, 1.165) is 30.2 Å². The molecule has 0 saturated carbocycles. The number of thiazole rings is 1. The lowest BCUT2D eigenvalue weighted by molar-refractivity contribution is -0.159. The highest BCUT2D eigenvalue weighted by Crippen LogP contribution is 2.23. The van der Waals surface area contributed by atoms with Crippen molar-refractivity contribution >= 4 is 23.3 Å². The van der Waals surface area contributed by atoms with Gasteiger partial charge in [0.25, 0.3) is 0 Å². The highest BCUT2D eigenvalue weighted by Gasteiger charge is 2.04. The Kier molecular flexibility index (Phi) is 8.15. The predicted octanol–water partition coefficient (Wildman–Crippen LogP) is 3.30. The van der Waals surface area contributed by atoms with Gasteiger partial charge in [-0.3, -0.25) is 0 Å². The van der Waals surface area contributed by atoms with E-state index in [9.17, 15) is 0 Å². The summed E-state index contributed by atoms with van der Waals surface area (Å²) in [6.07, 6.45) is 1.05. The molecule has 27 heavy (non-hydrogen) atoms. The summed E-state index contributed by atoms with van der Waals surface area (Å²) in [5.41, 5.74) is 3.68. The number of nitrogens with zero attached hydrogens (tertiary/aromatic N) is 1. The van der Waals surface area contributed by atoms with E-state index < -0.39 is 11.9 Å². The molecule has 0 unspecified atom stereocenters. The third-order valence-corrected chi connectivity index (χ3v) is 4.44. The number of benzene rings is 2. The molecule has 3 rings (SSSR count). The standard InChI is InChI=1S/C18H18N2S.C2H2O4/c1-3-7-15(8-4-1)11-12-19-13-17-14-21-18(20-17)16-9-5-2-6-10-16;3-1(4)2(5)6/h1-10,14,19H,11-13H2;(H,3,4)(H,5,6). The number of rotatable bonds is 6. The molecule has 0 fully saturated rings. The first-order chi connectivity index (χ1) is 13.1. The number of aliphatic carboxylic acids is 2. The van der Waals surface area contributed by atoms with Gasteiger partial charge in [-0.1, -0.05) is 60.7 Å². The van der Waals surface area contributed by atoms with Crippen molar-refractivity contribution < 1.29 is 19.8 Å². The zero-order valence-electron chi connectivity index (χ0n) is 14.5. The van der Waals surface area contributed by atoms with Crippen molar-refractivity contribution in [3.05, 3.63) is 77.3 Å². The van der Waals surface area contributed by atoms with Crippen LogP contribution in [0, 0.1) is 0 Å². The maximum atomic E-state index is 9.10. The predicted molar refractivity (Wildman–Crippen MR) is 105 cm³/mol. The fourth-order valence-electron chi connectivity index (χ4n) is 2.20. The minimum atomic E-state index is -1.82. The molecule has 0 amide bonds. The van der Waals surface area contributed by atoms with E-state index in [0.29, 0.717) is 0 Å². The van der Waals surface area contributed by atoms with E-state index in [1.54, 1.807) is 11.3 Å². The Morgan fingerprint density at radius 1 is 0.926 bits per heavy atom. The summed E-state index contributed by atoms with van der Waals surface area (Å²) in [4.78, 5) is 22.9. The maximum absolute atomic E-state index is 9.10. The Hall–Kier alpha value is -3.03. The van der Waals surface area contributed by atoms with Crippen molar-refractivity contribution in [3.8, 4) is 10.6 Å². The summed E-state index contributed by atoms with van der Waals surface area (Å²) >= 11 is 1.71. The molecule has 1 heterocycles. The zero-order valence-corrected chi connectivity index (χ0v) is 15.4. The summed E-state index contributed by atoms with van der Waals surface area (Å²) in [6, 6.07) is 20.9. The molecular weight excluding hydrogens is 364 g/mol. The summed E-state index contributed by atoms with van der Waals surface area (Å²) in [5.74, 6) is -3.65. The Bertz CT molecular complexity index is 839. The van der Waals surface area contributed by atoms with Gasteiger partial charge in [0.15, 0.2) is 0 Å². The van der Waals surface area contributed by atoms with Gasteiger partial charge in [-0.2, -0.15) is 0 Å². The molecule has 7 heteroatoms. The molecular formula is C20H20N2O4S. The second-order valence-electron chi connectivity index (χ2n) is 5.53. The van der Waals surface area contributed by atoms with Crippen molar-refractivity contribution in [1.82, 2.24) is 10.3 Å². The number of aromatic nitrogens is 1. The van der Waals surface area contributed by atoms with Gasteiger partial charge in [0, 0.05) is 17.5 Å². The third-order valence-electron chi connectivity index (χ3n) is 3.49. The van der Waals surface area contributed by atoms with Gasteiger partial charge in [0.05, 0.1) is 5.69 Å². The van der Waals surface area contributed by atoms with E-state index in [2.05, 4.69) is 70.3 Å². The topological polar surface area (TPSA) is 99.5 Å². The average molecular weight is 384 g/mol. The Morgan fingerprint density at radius 3 is 2.11 bits per heavy atom. The second kappa shape index (κ2) is 10.8. The largest absolute Gasteiger partial charge is 0.473 e. The van der Waals surface area contributed by atoms with E-state index in [4.69, 9.17) is 19.8 Å². The Morgan fingerprint density at radius 2 is 1.52 bits per heavy atom. The summed E-state index contributed by atoms with van der Waals surface area (Å²) < 4.78 is 0. The molecule has 0 spiro atoms. The van der Waals surface area contributed by atoms with Crippen LogP contribution in [0.15, 0.2) is 66.0 Å². The number of nitrogens with one attached hydrogen (secondary N) is 1. The first kappa shape index (κ1) is 20.3. The molecule has 2 aromatic carbocycles.